The van der Waals surface area contributed by atoms with Gasteiger partial charge in [0.05, 0.1) is 17.9 Å². The molecule has 0 atom stereocenters. The number of nitrogens with two attached hydrogens (primary N) is 1. The van der Waals surface area contributed by atoms with E-state index in [1.54, 1.807) is 24.4 Å². The summed E-state index contributed by atoms with van der Waals surface area (Å²) >= 11 is 0. The van der Waals surface area contributed by atoms with E-state index in [0.29, 0.717) is 30.0 Å². The van der Waals surface area contributed by atoms with Crippen LogP contribution >= 0.6 is 0 Å². The summed E-state index contributed by atoms with van der Waals surface area (Å²) in [6, 6.07) is 13.0. The molecule has 1 aromatic heterocycles. The summed E-state index contributed by atoms with van der Waals surface area (Å²) < 4.78 is 5.57. The highest BCUT2D eigenvalue weighted by Crippen LogP contribution is 2.24. The summed E-state index contributed by atoms with van der Waals surface area (Å²) in [6.07, 6.45) is 2.46. The maximum absolute atomic E-state index is 8.85. The van der Waals surface area contributed by atoms with E-state index in [9.17, 15) is 0 Å². The van der Waals surface area contributed by atoms with Crippen molar-refractivity contribution >= 4 is 5.69 Å². The fourth-order valence-electron chi connectivity index (χ4n) is 1.58. The predicted molar refractivity (Wildman–Crippen MR) is 69.0 cm³/mol. The molecule has 0 radical (unpaired) electrons. The van der Waals surface area contributed by atoms with Crippen LogP contribution in [0.5, 0.6) is 5.75 Å². The van der Waals surface area contributed by atoms with Crippen LogP contribution in [0, 0.1) is 11.3 Å². The highest BCUT2D eigenvalue weighted by Gasteiger charge is 2.05. The van der Waals surface area contributed by atoms with Gasteiger partial charge in [-0.05, 0) is 24.3 Å². The molecule has 2 aromatic rings. The van der Waals surface area contributed by atoms with Crippen molar-refractivity contribution in [3.8, 4) is 11.8 Å². The molecular weight excluding hydrogens is 226 g/mol. The van der Waals surface area contributed by atoms with Crippen molar-refractivity contribution in [1.29, 1.82) is 5.26 Å². The number of rotatable bonds is 4. The molecule has 0 saturated carbocycles. The number of nitrogens with zero attached hydrogens (tertiary/aromatic N) is 2. The molecule has 2 rings (SSSR count). The first-order valence-electron chi connectivity index (χ1n) is 5.62. The second-order valence-corrected chi connectivity index (χ2v) is 3.75. The molecule has 2 N–H and O–H groups in total. The van der Waals surface area contributed by atoms with Crippen LogP contribution in [0.2, 0.25) is 0 Å². The predicted octanol–water partition coefficient (Wildman–Crippen LogP) is 2.16. The fraction of sp³-hybridized carbons (Fsp3) is 0.143. The molecule has 18 heavy (non-hydrogen) atoms. The molecule has 0 saturated heterocycles. The molecule has 0 aliphatic heterocycles. The fourth-order valence-corrected chi connectivity index (χ4v) is 1.58. The molecule has 90 valence electrons. The number of nitriles is 1. The Kier molecular flexibility index (Phi) is 3.77. The Balaban J connectivity index is 1.97. The van der Waals surface area contributed by atoms with Gasteiger partial charge in [0.25, 0.3) is 0 Å². The molecule has 0 aliphatic rings. The van der Waals surface area contributed by atoms with Gasteiger partial charge in [-0.25, -0.2) is 0 Å². The minimum Gasteiger partial charge on any atom is -0.491 e. The average Bonchev–Trinajstić information content (AvgIpc) is 2.42. The van der Waals surface area contributed by atoms with E-state index in [0.717, 1.165) is 5.69 Å². The van der Waals surface area contributed by atoms with E-state index >= 15 is 0 Å². The topological polar surface area (TPSA) is 71.9 Å². The van der Waals surface area contributed by atoms with Gasteiger partial charge in [-0.15, -0.1) is 0 Å². The highest BCUT2D eigenvalue weighted by molar-refractivity contribution is 5.62. The molecule has 1 aromatic carbocycles. The lowest BCUT2D eigenvalue weighted by molar-refractivity contribution is 0.322. The first-order valence-corrected chi connectivity index (χ1v) is 5.62. The molecule has 0 bridgehead atoms. The SMILES string of the molecule is N#Cc1cccc(OCCc2ccccn2)c1N. The van der Waals surface area contributed by atoms with Gasteiger partial charge in [0.1, 0.15) is 11.8 Å². The number of hydrogen-bond acceptors (Lipinski definition) is 4. The Morgan fingerprint density at radius 1 is 1.22 bits per heavy atom. The monoisotopic (exact) mass is 239 g/mol. The standard InChI is InChI=1S/C14H13N3O/c15-10-11-4-3-6-13(14(11)16)18-9-7-12-5-1-2-8-17-12/h1-6,8H,7,9,16H2. The van der Waals surface area contributed by atoms with Crippen LogP contribution in [-0.2, 0) is 6.42 Å². The summed E-state index contributed by atoms with van der Waals surface area (Å²) in [5, 5.41) is 8.85. The number of nitrogen functional groups attached to an aromatic ring is 1. The Hall–Kier alpha value is -2.54. The number of para-hydroxylation sites is 1. The Morgan fingerprint density at radius 3 is 2.83 bits per heavy atom. The Morgan fingerprint density at radius 2 is 2.11 bits per heavy atom. The van der Waals surface area contributed by atoms with Crippen molar-refractivity contribution in [3.63, 3.8) is 0 Å². The van der Waals surface area contributed by atoms with Gasteiger partial charge >= 0.3 is 0 Å². The van der Waals surface area contributed by atoms with Gasteiger partial charge in [0.2, 0.25) is 0 Å². The van der Waals surface area contributed by atoms with Gasteiger partial charge in [-0.2, -0.15) is 5.26 Å². The maximum atomic E-state index is 8.85. The number of anilines is 1. The van der Waals surface area contributed by atoms with E-state index in [1.807, 2.05) is 24.3 Å². The molecule has 0 fully saturated rings. The molecule has 0 amide bonds. The van der Waals surface area contributed by atoms with Crippen LogP contribution in [0.1, 0.15) is 11.3 Å². The van der Waals surface area contributed by atoms with Gasteiger partial charge in [-0.1, -0.05) is 12.1 Å². The molecule has 4 heteroatoms. The molecule has 0 spiro atoms. The summed E-state index contributed by atoms with van der Waals surface area (Å²) in [6.45, 7) is 0.482. The zero-order valence-electron chi connectivity index (χ0n) is 9.84. The second-order valence-electron chi connectivity index (χ2n) is 3.75. The van der Waals surface area contributed by atoms with E-state index < -0.39 is 0 Å². The van der Waals surface area contributed by atoms with E-state index in [4.69, 9.17) is 15.7 Å². The minimum atomic E-state index is 0.390. The van der Waals surface area contributed by atoms with Gasteiger partial charge in [0, 0.05) is 18.3 Å². The Labute approximate surface area is 106 Å². The zero-order chi connectivity index (χ0) is 12.8. The van der Waals surface area contributed by atoms with E-state index in [1.165, 1.54) is 0 Å². The largest absolute Gasteiger partial charge is 0.491 e. The number of pyridine rings is 1. The molecular formula is C14H13N3O. The van der Waals surface area contributed by atoms with E-state index in [-0.39, 0.29) is 0 Å². The van der Waals surface area contributed by atoms with Crippen LogP contribution in [0.3, 0.4) is 0 Å². The normalized spacial score (nSPS) is 9.72. The molecule has 0 aliphatic carbocycles. The van der Waals surface area contributed by atoms with Gasteiger partial charge in [0.15, 0.2) is 0 Å². The van der Waals surface area contributed by atoms with Gasteiger partial charge in [-0.3, -0.25) is 4.98 Å². The maximum Gasteiger partial charge on any atom is 0.143 e. The Bertz CT molecular complexity index is 561. The molecule has 0 unspecified atom stereocenters. The summed E-state index contributed by atoms with van der Waals surface area (Å²) in [5.41, 5.74) is 7.60. The lowest BCUT2D eigenvalue weighted by Crippen LogP contribution is -2.05. The molecule has 1 heterocycles. The van der Waals surface area contributed by atoms with Crippen LogP contribution in [-0.4, -0.2) is 11.6 Å². The van der Waals surface area contributed by atoms with Crippen LogP contribution in [0.15, 0.2) is 42.6 Å². The lowest BCUT2D eigenvalue weighted by Gasteiger charge is -2.09. The van der Waals surface area contributed by atoms with Crippen molar-refractivity contribution in [3.05, 3.63) is 53.9 Å². The lowest BCUT2D eigenvalue weighted by atomic mass is 10.2. The quantitative estimate of drug-likeness (QED) is 0.830. The van der Waals surface area contributed by atoms with Crippen molar-refractivity contribution in [2.24, 2.45) is 0 Å². The third kappa shape index (κ3) is 2.77. The average molecular weight is 239 g/mol. The highest BCUT2D eigenvalue weighted by atomic mass is 16.5. The van der Waals surface area contributed by atoms with Crippen molar-refractivity contribution < 1.29 is 4.74 Å². The number of aromatic nitrogens is 1. The first-order chi connectivity index (χ1) is 8.81. The zero-order valence-corrected chi connectivity index (χ0v) is 9.84. The number of benzene rings is 1. The third-order valence-corrected chi connectivity index (χ3v) is 2.53. The third-order valence-electron chi connectivity index (χ3n) is 2.53. The minimum absolute atomic E-state index is 0.390. The smallest absolute Gasteiger partial charge is 0.143 e. The van der Waals surface area contributed by atoms with Crippen LogP contribution in [0.4, 0.5) is 5.69 Å². The van der Waals surface area contributed by atoms with Crippen molar-refractivity contribution in [2.75, 3.05) is 12.3 Å². The van der Waals surface area contributed by atoms with E-state index in [2.05, 4.69) is 4.98 Å². The summed E-state index contributed by atoms with van der Waals surface area (Å²) in [7, 11) is 0. The van der Waals surface area contributed by atoms with Crippen LogP contribution in [0.25, 0.3) is 0 Å². The summed E-state index contributed by atoms with van der Waals surface area (Å²) in [5.74, 6) is 0.546. The van der Waals surface area contributed by atoms with Crippen molar-refractivity contribution in [2.45, 2.75) is 6.42 Å². The summed E-state index contributed by atoms with van der Waals surface area (Å²) in [4.78, 5) is 4.20. The number of ether oxygens (including phenoxy) is 1. The second kappa shape index (κ2) is 5.69. The first kappa shape index (κ1) is 11.9. The van der Waals surface area contributed by atoms with Crippen LogP contribution < -0.4 is 10.5 Å². The number of hydrogen-bond donors (Lipinski definition) is 1. The van der Waals surface area contributed by atoms with Crippen molar-refractivity contribution in [1.82, 2.24) is 4.98 Å². The van der Waals surface area contributed by atoms with Gasteiger partial charge < -0.3 is 10.5 Å². The molecule has 4 nitrogen and oxygen atoms in total.